The van der Waals surface area contributed by atoms with Crippen LogP contribution in [0.25, 0.3) is 0 Å². The molecule has 0 spiro atoms. The van der Waals surface area contributed by atoms with Crippen LogP contribution < -0.4 is 4.74 Å². The average Bonchev–Trinajstić information content (AvgIpc) is 2.26. The van der Waals surface area contributed by atoms with Gasteiger partial charge in [0.05, 0.1) is 12.7 Å². The molecule has 2 nitrogen and oxygen atoms in total. The van der Waals surface area contributed by atoms with Crippen molar-refractivity contribution in [2.75, 3.05) is 6.61 Å². The topological polar surface area (TPSA) is 29.5 Å². The first kappa shape index (κ1) is 17.0. The molecule has 1 aromatic carbocycles. The summed E-state index contributed by atoms with van der Waals surface area (Å²) in [6.45, 7) is 13.8. The number of rotatable bonds is 6. The summed E-state index contributed by atoms with van der Waals surface area (Å²) in [7, 11) is 0. The minimum Gasteiger partial charge on any atom is -0.493 e. The minimum absolute atomic E-state index is 0.163. The van der Waals surface area contributed by atoms with E-state index in [-0.39, 0.29) is 11.5 Å². The summed E-state index contributed by atoms with van der Waals surface area (Å²) in [6, 6.07) is 8.37. The fraction of sp³-hybridized carbons (Fsp3) is 0.667. The first-order valence-electron chi connectivity index (χ1n) is 7.52. The zero-order chi connectivity index (χ0) is 15.4. The van der Waals surface area contributed by atoms with Crippen LogP contribution in [-0.4, -0.2) is 17.8 Å². The second kappa shape index (κ2) is 6.62. The second-order valence-electron chi connectivity index (χ2n) is 7.63. The Morgan fingerprint density at radius 1 is 1.05 bits per heavy atom. The average molecular weight is 278 g/mol. The quantitative estimate of drug-likeness (QED) is 0.827. The molecule has 0 aromatic heterocycles. The maximum atomic E-state index is 9.21. The summed E-state index contributed by atoms with van der Waals surface area (Å²) in [5.74, 6) is 0.876. The van der Waals surface area contributed by atoms with Gasteiger partial charge >= 0.3 is 0 Å². The molecule has 0 saturated carbocycles. The van der Waals surface area contributed by atoms with Crippen LogP contribution in [0, 0.1) is 5.41 Å². The standard InChI is InChI=1S/C18H30O2/c1-14(19)11-12-20-16-9-7-15(8-10-16)18(5,6)13-17(2,3)4/h7-10,14,19H,11-13H2,1-6H3. The van der Waals surface area contributed by atoms with Gasteiger partial charge in [-0.2, -0.15) is 0 Å². The van der Waals surface area contributed by atoms with Gasteiger partial charge in [-0.05, 0) is 41.9 Å². The zero-order valence-electron chi connectivity index (χ0n) is 13.9. The lowest BCUT2D eigenvalue weighted by Crippen LogP contribution is -2.24. The summed E-state index contributed by atoms with van der Waals surface area (Å²) in [4.78, 5) is 0. The highest BCUT2D eigenvalue weighted by atomic mass is 16.5. The fourth-order valence-corrected chi connectivity index (χ4v) is 2.78. The van der Waals surface area contributed by atoms with Gasteiger partial charge in [0.15, 0.2) is 0 Å². The summed E-state index contributed by atoms with van der Waals surface area (Å²) < 4.78 is 5.63. The Morgan fingerprint density at radius 2 is 1.60 bits per heavy atom. The van der Waals surface area contributed by atoms with Crippen molar-refractivity contribution < 1.29 is 9.84 Å². The highest BCUT2D eigenvalue weighted by molar-refractivity contribution is 5.31. The summed E-state index contributed by atoms with van der Waals surface area (Å²) in [6.07, 6.45) is 1.50. The van der Waals surface area contributed by atoms with Gasteiger partial charge in [-0.25, -0.2) is 0 Å². The van der Waals surface area contributed by atoms with E-state index in [1.54, 1.807) is 6.92 Å². The molecule has 0 fully saturated rings. The van der Waals surface area contributed by atoms with E-state index in [4.69, 9.17) is 4.74 Å². The molecule has 0 heterocycles. The largest absolute Gasteiger partial charge is 0.493 e. The van der Waals surface area contributed by atoms with Crippen molar-refractivity contribution in [2.45, 2.75) is 65.9 Å². The van der Waals surface area contributed by atoms with Gasteiger partial charge in [0.25, 0.3) is 0 Å². The van der Waals surface area contributed by atoms with Crippen LogP contribution in [0.2, 0.25) is 0 Å². The van der Waals surface area contributed by atoms with E-state index in [1.807, 2.05) is 12.1 Å². The lowest BCUT2D eigenvalue weighted by atomic mass is 9.72. The molecular weight excluding hydrogens is 248 g/mol. The Balaban J connectivity index is 2.66. The number of ether oxygens (including phenoxy) is 1. The third kappa shape index (κ3) is 5.96. The van der Waals surface area contributed by atoms with Crippen LogP contribution in [0.5, 0.6) is 5.75 Å². The van der Waals surface area contributed by atoms with Crippen molar-refractivity contribution in [1.29, 1.82) is 0 Å². The normalized spacial score (nSPS) is 14.2. The van der Waals surface area contributed by atoms with E-state index in [0.717, 1.165) is 12.2 Å². The van der Waals surface area contributed by atoms with Crippen molar-refractivity contribution in [3.63, 3.8) is 0 Å². The summed E-state index contributed by atoms with van der Waals surface area (Å²) in [5, 5.41) is 9.21. The molecule has 114 valence electrons. The predicted molar refractivity (Wildman–Crippen MR) is 85.3 cm³/mol. The first-order valence-corrected chi connectivity index (χ1v) is 7.52. The van der Waals surface area contributed by atoms with Crippen LogP contribution in [0.3, 0.4) is 0 Å². The van der Waals surface area contributed by atoms with Crippen molar-refractivity contribution in [1.82, 2.24) is 0 Å². The van der Waals surface area contributed by atoms with Crippen LogP contribution in [-0.2, 0) is 5.41 Å². The molecule has 20 heavy (non-hydrogen) atoms. The van der Waals surface area contributed by atoms with E-state index >= 15 is 0 Å². The first-order chi connectivity index (χ1) is 9.10. The maximum Gasteiger partial charge on any atom is 0.119 e. The molecule has 0 aliphatic carbocycles. The van der Waals surface area contributed by atoms with Gasteiger partial charge in [-0.15, -0.1) is 0 Å². The molecule has 0 aliphatic heterocycles. The van der Waals surface area contributed by atoms with Crippen LogP contribution in [0.1, 0.15) is 59.9 Å². The molecule has 0 aliphatic rings. The lowest BCUT2D eigenvalue weighted by Gasteiger charge is -2.33. The highest BCUT2D eigenvalue weighted by Gasteiger charge is 2.27. The monoisotopic (exact) mass is 278 g/mol. The molecule has 0 saturated heterocycles. The molecule has 0 radical (unpaired) electrons. The van der Waals surface area contributed by atoms with Crippen LogP contribution >= 0.6 is 0 Å². The van der Waals surface area contributed by atoms with Crippen molar-refractivity contribution in [2.24, 2.45) is 5.41 Å². The fourth-order valence-electron chi connectivity index (χ4n) is 2.78. The van der Waals surface area contributed by atoms with E-state index in [2.05, 4.69) is 46.8 Å². The maximum absolute atomic E-state index is 9.21. The van der Waals surface area contributed by atoms with Gasteiger partial charge in [-0.3, -0.25) is 0 Å². The Morgan fingerprint density at radius 3 is 2.05 bits per heavy atom. The number of hydrogen-bond donors (Lipinski definition) is 1. The third-order valence-corrected chi connectivity index (χ3v) is 3.41. The molecule has 0 amide bonds. The highest BCUT2D eigenvalue weighted by Crippen LogP contribution is 2.36. The Hall–Kier alpha value is -1.02. The third-order valence-electron chi connectivity index (χ3n) is 3.41. The Kier molecular flexibility index (Phi) is 5.64. The Labute approximate surface area is 124 Å². The van der Waals surface area contributed by atoms with E-state index in [9.17, 15) is 5.11 Å². The number of aliphatic hydroxyl groups is 1. The van der Waals surface area contributed by atoms with Crippen LogP contribution in [0.15, 0.2) is 24.3 Å². The second-order valence-corrected chi connectivity index (χ2v) is 7.63. The van der Waals surface area contributed by atoms with Gasteiger partial charge in [0, 0.05) is 6.42 Å². The van der Waals surface area contributed by atoms with Gasteiger partial charge in [0.1, 0.15) is 5.75 Å². The molecule has 1 atom stereocenters. The molecule has 1 aromatic rings. The van der Waals surface area contributed by atoms with E-state index in [1.165, 1.54) is 5.56 Å². The zero-order valence-corrected chi connectivity index (χ0v) is 13.9. The van der Waals surface area contributed by atoms with Gasteiger partial charge in [0.2, 0.25) is 0 Å². The number of aliphatic hydroxyl groups excluding tert-OH is 1. The van der Waals surface area contributed by atoms with Crippen LogP contribution in [0.4, 0.5) is 0 Å². The molecule has 1 N–H and O–H groups in total. The van der Waals surface area contributed by atoms with Gasteiger partial charge < -0.3 is 9.84 Å². The molecule has 2 heteroatoms. The molecule has 1 unspecified atom stereocenters. The lowest BCUT2D eigenvalue weighted by molar-refractivity contribution is 0.155. The van der Waals surface area contributed by atoms with Gasteiger partial charge in [-0.1, -0.05) is 46.8 Å². The van der Waals surface area contributed by atoms with Crippen molar-refractivity contribution in [3.05, 3.63) is 29.8 Å². The smallest absolute Gasteiger partial charge is 0.119 e. The SMILES string of the molecule is CC(O)CCOc1ccc(C(C)(C)CC(C)(C)C)cc1. The van der Waals surface area contributed by atoms with Crippen molar-refractivity contribution in [3.8, 4) is 5.75 Å². The van der Waals surface area contributed by atoms with E-state index in [0.29, 0.717) is 18.4 Å². The Bertz CT molecular complexity index is 396. The number of benzene rings is 1. The molecular formula is C18H30O2. The summed E-state index contributed by atoms with van der Waals surface area (Å²) >= 11 is 0. The predicted octanol–water partition coefficient (Wildman–Crippen LogP) is 4.55. The summed E-state index contributed by atoms with van der Waals surface area (Å²) in [5.41, 5.74) is 1.82. The minimum atomic E-state index is -0.306. The van der Waals surface area contributed by atoms with E-state index < -0.39 is 0 Å². The van der Waals surface area contributed by atoms with Crippen molar-refractivity contribution >= 4 is 0 Å². The molecule has 0 bridgehead atoms. The number of hydrogen-bond acceptors (Lipinski definition) is 2. The molecule has 1 rings (SSSR count).